The number of alkyl halides is 5. The van der Waals surface area contributed by atoms with Gasteiger partial charge in [-0.25, -0.2) is 17.9 Å². The third-order valence-electron chi connectivity index (χ3n) is 7.37. The summed E-state index contributed by atoms with van der Waals surface area (Å²) in [7, 11) is -3.90. The lowest BCUT2D eigenvalue weighted by Gasteiger charge is -2.28. The molecule has 240 valence electrons. The van der Waals surface area contributed by atoms with Crippen molar-refractivity contribution in [2.45, 2.75) is 77.5 Å². The molecule has 3 amide bonds. The molecule has 0 radical (unpaired) electrons. The van der Waals surface area contributed by atoms with E-state index in [4.69, 9.17) is 17.3 Å². The van der Waals surface area contributed by atoms with E-state index in [1.165, 1.54) is 16.8 Å². The first-order valence-electron chi connectivity index (χ1n) is 13.4. The van der Waals surface area contributed by atoms with Crippen LogP contribution < -0.4 is 20.5 Å². The fourth-order valence-electron chi connectivity index (χ4n) is 4.94. The summed E-state index contributed by atoms with van der Waals surface area (Å²) in [6.45, 7) is 0.706. The molecule has 0 aliphatic heterocycles. The van der Waals surface area contributed by atoms with E-state index in [1.54, 1.807) is 11.6 Å². The van der Waals surface area contributed by atoms with E-state index >= 15 is 0 Å². The zero-order valence-corrected chi connectivity index (χ0v) is 25.2. The Morgan fingerprint density at radius 1 is 1.19 bits per heavy atom. The zero-order valence-electron chi connectivity index (χ0n) is 23.6. The first kappa shape index (κ1) is 34.4. The predicted molar refractivity (Wildman–Crippen MR) is 148 cm³/mol. The van der Waals surface area contributed by atoms with Crippen LogP contribution in [0, 0.1) is 11.3 Å². The smallest absolute Gasteiger partial charge is 0.394 e. The van der Waals surface area contributed by atoms with Gasteiger partial charge in [0.2, 0.25) is 10.0 Å². The van der Waals surface area contributed by atoms with Gasteiger partial charge in [0.1, 0.15) is 5.75 Å². The summed E-state index contributed by atoms with van der Waals surface area (Å²) in [6, 6.07) is 2.58. The maximum atomic E-state index is 13.4. The lowest BCUT2D eigenvalue weighted by Crippen LogP contribution is -2.43. The summed E-state index contributed by atoms with van der Waals surface area (Å²) in [5.74, 6) is -1.16. The van der Waals surface area contributed by atoms with E-state index < -0.39 is 57.6 Å². The molecule has 43 heavy (non-hydrogen) atoms. The van der Waals surface area contributed by atoms with E-state index in [0.29, 0.717) is 12.8 Å². The number of nitrogens with zero attached hydrogens (tertiary/aromatic N) is 2. The Kier molecular flexibility index (Phi) is 10.6. The van der Waals surface area contributed by atoms with Crippen LogP contribution in [-0.4, -0.2) is 54.7 Å². The second-order valence-electron chi connectivity index (χ2n) is 11.0. The van der Waals surface area contributed by atoms with Crippen molar-refractivity contribution in [1.29, 1.82) is 0 Å². The van der Waals surface area contributed by atoms with Crippen molar-refractivity contribution in [2.75, 3.05) is 6.54 Å². The SMILES string of the molecule is CCn1nc(C(=O)NCC2CCC(S(=O)(=O)NC(N)=O)CC2)c(Cl)c1-c1ccc(CC(C)(C)C(F)(F)F)cc1OC(F)F. The maximum absolute atomic E-state index is 13.4. The normalized spacial score (nSPS) is 18.0. The molecule has 1 heterocycles. The Hall–Kier alpha value is -3.14. The molecular formula is C26H33ClF5N5O5S. The number of hydrogen-bond acceptors (Lipinski definition) is 6. The average molecular weight is 658 g/mol. The number of nitrogens with one attached hydrogen (secondary N) is 2. The molecule has 10 nitrogen and oxygen atoms in total. The molecule has 1 saturated carbocycles. The number of rotatable bonds is 11. The van der Waals surface area contributed by atoms with Crippen molar-refractivity contribution in [1.82, 2.24) is 19.8 Å². The molecule has 1 aromatic heterocycles. The highest BCUT2D eigenvalue weighted by Crippen LogP contribution is 2.43. The summed E-state index contributed by atoms with van der Waals surface area (Å²) < 4.78 is 99.0. The fraction of sp³-hybridized carbons (Fsp3) is 0.577. The number of sulfonamides is 1. The molecule has 0 spiro atoms. The highest BCUT2D eigenvalue weighted by molar-refractivity contribution is 7.90. The fourth-order valence-corrected chi connectivity index (χ4v) is 6.60. The van der Waals surface area contributed by atoms with Crippen LogP contribution in [0.2, 0.25) is 5.02 Å². The number of aryl methyl sites for hydroxylation is 1. The number of urea groups is 1. The van der Waals surface area contributed by atoms with Crippen LogP contribution >= 0.6 is 11.6 Å². The summed E-state index contributed by atoms with van der Waals surface area (Å²) in [5.41, 5.74) is 2.76. The Morgan fingerprint density at radius 3 is 2.35 bits per heavy atom. The molecule has 2 aromatic rings. The van der Waals surface area contributed by atoms with Gasteiger partial charge in [-0.3, -0.25) is 9.48 Å². The third-order valence-corrected chi connectivity index (χ3v) is 9.56. The standard InChI is InChI=1S/C26H33ClF5N5O5S/c1-4-37-21(17-10-7-15(11-18(17)42-23(28)29)12-25(2,3)26(30,31)32)19(27)20(35-37)22(38)34-13-14-5-8-16(9-6-14)43(40,41)36-24(33)39/h7,10-11,14,16,23H,4-6,8-9,12-13H2,1-3H3,(H,34,38)(H3,33,36,39). The van der Waals surface area contributed by atoms with Gasteiger partial charge in [0.25, 0.3) is 5.91 Å². The van der Waals surface area contributed by atoms with E-state index in [1.807, 2.05) is 0 Å². The number of carbonyl (C=O) groups excluding carboxylic acids is 2. The number of ether oxygens (including phenoxy) is 1. The summed E-state index contributed by atoms with van der Waals surface area (Å²) in [4.78, 5) is 24.0. The van der Waals surface area contributed by atoms with Crippen LogP contribution in [-0.2, 0) is 23.0 Å². The molecule has 3 rings (SSSR count). The number of nitrogens with two attached hydrogens (primary N) is 1. The molecule has 4 N–H and O–H groups in total. The Balaban J connectivity index is 1.80. The molecule has 1 aliphatic rings. The lowest BCUT2D eigenvalue weighted by molar-refractivity contribution is -0.211. The van der Waals surface area contributed by atoms with Crippen LogP contribution in [0.4, 0.5) is 26.7 Å². The minimum absolute atomic E-state index is 0.0105. The van der Waals surface area contributed by atoms with Crippen LogP contribution in [0.3, 0.4) is 0 Å². The van der Waals surface area contributed by atoms with Gasteiger partial charge in [0.05, 0.1) is 21.4 Å². The van der Waals surface area contributed by atoms with Crippen molar-refractivity contribution in [2.24, 2.45) is 17.1 Å². The van der Waals surface area contributed by atoms with Gasteiger partial charge in [0, 0.05) is 18.7 Å². The Bertz CT molecular complexity index is 1440. The van der Waals surface area contributed by atoms with Crippen LogP contribution in [0.25, 0.3) is 11.3 Å². The number of halogens is 6. The molecule has 0 unspecified atom stereocenters. The topological polar surface area (TPSA) is 145 Å². The molecule has 1 aromatic carbocycles. The molecule has 0 atom stereocenters. The second kappa shape index (κ2) is 13.2. The molecule has 0 bridgehead atoms. The van der Waals surface area contributed by atoms with Crippen LogP contribution in [0.15, 0.2) is 18.2 Å². The predicted octanol–water partition coefficient (Wildman–Crippen LogP) is 5.24. The largest absolute Gasteiger partial charge is 0.434 e. The van der Waals surface area contributed by atoms with Gasteiger partial charge >= 0.3 is 18.8 Å². The number of hydrogen-bond donors (Lipinski definition) is 3. The minimum atomic E-state index is -4.54. The summed E-state index contributed by atoms with van der Waals surface area (Å²) in [5, 5.41) is 5.97. The van der Waals surface area contributed by atoms with E-state index in [-0.39, 0.29) is 59.4 Å². The zero-order chi connectivity index (χ0) is 32.3. The van der Waals surface area contributed by atoms with E-state index in [0.717, 1.165) is 19.9 Å². The number of benzene rings is 1. The highest BCUT2D eigenvalue weighted by Gasteiger charge is 2.47. The number of amides is 3. The maximum Gasteiger partial charge on any atom is 0.394 e. The lowest BCUT2D eigenvalue weighted by atomic mass is 9.84. The first-order valence-corrected chi connectivity index (χ1v) is 15.3. The average Bonchev–Trinajstić information content (AvgIpc) is 3.21. The number of aromatic nitrogens is 2. The van der Waals surface area contributed by atoms with Gasteiger partial charge < -0.3 is 15.8 Å². The Labute approximate surface area is 250 Å². The van der Waals surface area contributed by atoms with Crippen molar-refractivity contribution >= 4 is 33.6 Å². The number of carbonyl (C=O) groups is 2. The number of primary amides is 1. The van der Waals surface area contributed by atoms with E-state index in [2.05, 4.69) is 15.2 Å². The van der Waals surface area contributed by atoms with Gasteiger partial charge in [-0.1, -0.05) is 31.5 Å². The first-order chi connectivity index (χ1) is 19.9. The molecular weight excluding hydrogens is 625 g/mol. The molecule has 1 fully saturated rings. The minimum Gasteiger partial charge on any atom is -0.434 e. The Morgan fingerprint density at radius 2 is 1.81 bits per heavy atom. The molecule has 17 heteroatoms. The highest BCUT2D eigenvalue weighted by atomic mass is 35.5. The van der Waals surface area contributed by atoms with Gasteiger partial charge in [-0.2, -0.15) is 27.1 Å². The molecule has 0 saturated heterocycles. The van der Waals surface area contributed by atoms with Crippen LogP contribution in [0.1, 0.15) is 62.5 Å². The van der Waals surface area contributed by atoms with Crippen LogP contribution in [0.5, 0.6) is 5.75 Å². The van der Waals surface area contributed by atoms with Crippen molar-refractivity contribution in [3.8, 4) is 17.0 Å². The second-order valence-corrected chi connectivity index (χ2v) is 13.3. The summed E-state index contributed by atoms with van der Waals surface area (Å²) >= 11 is 6.54. The monoisotopic (exact) mass is 657 g/mol. The van der Waals surface area contributed by atoms with Gasteiger partial charge in [0.15, 0.2) is 5.69 Å². The van der Waals surface area contributed by atoms with Crippen molar-refractivity contribution in [3.63, 3.8) is 0 Å². The summed E-state index contributed by atoms with van der Waals surface area (Å²) in [6.07, 6.45) is -3.65. The van der Waals surface area contributed by atoms with Crippen molar-refractivity contribution < 1.29 is 44.7 Å². The van der Waals surface area contributed by atoms with Gasteiger partial charge in [-0.05, 0) is 62.6 Å². The third kappa shape index (κ3) is 8.28. The molecule has 1 aliphatic carbocycles. The van der Waals surface area contributed by atoms with Crippen molar-refractivity contribution in [3.05, 3.63) is 34.5 Å². The van der Waals surface area contributed by atoms with E-state index in [9.17, 15) is 40.0 Å². The van der Waals surface area contributed by atoms with Gasteiger partial charge in [-0.15, -0.1) is 0 Å². The quantitative estimate of drug-likeness (QED) is 0.282.